The maximum atomic E-state index is 12.6. The molecule has 2 aliphatic carbocycles. The van der Waals surface area contributed by atoms with Crippen LogP contribution in [0.5, 0.6) is 0 Å². The summed E-state index contributed by atoms with van der Waals surface area (Å²) in [6.45, 7) is 6.96. The Kier molecular flexibility index (Phi) is 8.22. The Bertz CT molecular complexity index is 980. The third-order valence-corrected chi connectivity index (χ3v) is 7.09. The number of benzene rings is 1. The van der Waals surface area contributed by atoms with Gasteiger partial charge in [-0.3, -0.25) is 9.36 Å². The van der Waals surface area contributed by atoms with Crippen LogP contribution in [0.4, 0.5) is 0 Å². The van der Waals surface area contributed by atoms with Crippen LogP contribution in [-0.2, 0) is 16.8 Å². The Labute approximate surface area is 184 Å². The van der Waals surface area contributed by atoms with Gasteiger partial charge in [0.1, 0.15) is 0 Å². The number of rotatable bonds is 5. The van der Waals surface area contributed by atoms with Gasteiger partial charge < -0.3 is 5.11 Å². The van der Waals surface area contributed by atoms with Crippen molar-refractivity contribution in [3.8, 4) is 0 Å². The topological polar surface area (TPSA) is 42.2 Å². The first-order valence-electron chi connectivity index (χ1n) is 9.73. The van der Waals surface area contributed by atoms with Gasteiger partial charge in [0.25, 0.3) is 0 Å². The van der Waals surface area contributed by atoms with E-state index in [1.165, 1.54) is 10.8 Å². The van der Waals surface area contributed by atoms with Gasteiger partial charge in [0, 0.05) is 41.2 Å². The van der Waals surface area contributed by atoms with Crippen molar-refractivity contribution in [2.75, 3.05) is 6.61 Å². The number of nitrogens with zero attached hydrogens (tertiary/aromatic N) is 1. The van der Waals surface area contributed by atoms with Crippen LogP contribution in [0.2, 0.25) is 19.6 Å². The van der Waals surface area contributed by atoms with E-state index in [1.807, 2.05) is 67.3 Å². The maximum absolute atomic E-state index is 12.6. The molecule has 0 atom stereocenters. The van der Waals surface area contributed by atoms with E-state index in [-0.39, 0.29) is 29.3 Å². The molecule has 0 bridgehead atoms. The van der Waals surface area contributed by atoms with Gasteiger partial charge in [0.15, 0.2) is 0 Å². The molecule has 0 saturated heterocycles. The van der Waals surface area contributed by atoms with Crippen LogP contribution in [0.1, 0.15) is 17.6 Å². The number of carbonyl (C=O) groups is 1. The number of hydrogen-bond acceptors (Lipinski definition) is 2. The van der Waals surface area contributed by atoms with Crippen molar-refractivity contribution in [1.82, 2.24) is 4.57 Å². The Morgan fingerprint density at radius 2 is 1.72 bits per heavy atom. The molecule has 1 aromatic heterocycles. The fraction of sp³-hybridized carbons (Fsp3) is 0.250. The minimum absolute atomic E-state index is 0. The van der Waals surface area contributed by atoms with Crippen molar-refractivity contribution in [3.05, 3.63) is 89.7 Å². The van der Waals surface area contributed by atoms with Gasteiger partial charge in [-0.05, 0) is 29.7 Å². The molecule has 1 aromatic carbocycles. The van der Waals surface area contributed by atoms with Gasteiger partial charge in [0.2, 0.25) is 5.91 Å². The molecule has 2 radical (unpaired) electrons. The SMILES string of the molecule is C[Si](C)(C)C1=C(CO)C=C1CCC(=O)n1ccc2ccccc21.[CH]1C=CC=C1.[Co]. The van der Waals surface area contributed by atoms with E-state index in [2.05, 4.69) is 25.7 Å². The van der Waals surface area contributed by atoms with Crippen molar-refractivity contribution in [2.24, 2.45) is 0 Å². The molecule has 4 rings (SSSR count). The summed E-state index contributed by atoms with van der Waals surface area (Å²) in [5.41, 5.74) is 3.30. The minimum atomic E-state index is -1.47. The molecule has 1 N–H and O–H groups in total. The maximum Gasteiger partial charge on any atom is 0.231 e. The van der Waals surface area contributed by atoms with Gasteiger partial charge in [0.05, 0.1) is 20.2 Å². The van der Waals surface area contributed by atoms with Crippen LogP contribution in [-0.4, -0.2) is 30.3 Å². The van der Waals surface area contributed by atoms with Crippen molar-refractivity contribution in [2.45, 2.75) is 32.5 Å². The van der Waals surface area contributed by atoms with E-state index >= 15 is 0 Å². The van der Waals surface area contributed by atoms with Gasteiger partial charge in [-0.2, -0.15) is 0 Å². The van der Waals surface area contributed by atoms with Gasteiger partial charge in [-0.25, -0.2) is 0 Å². The van der Waals surface area contributed by atoms with E-state index in [1.54, 1.807) is 4.57 Å². The van der Waals surface area contributed by atoms with Crippen molar-refractivity contribution < 1.29 is 26.7 Å². The number of allylic oxidation sites excluding steroid dienone is 6. The molecule has 0 amide bonds. The molecule has 2 aromatic rings. The summed E-state index contributed by atoms with van der Waals surface area (Å²) in [4.78, 5) is 12.6. The minimum Gasteiger partial charge on any atom is -0.392 e. The van der Waals surface area contributed by atoms with Crippen LogP contribution in [0.15, 0.2) is 83.3 Å². The van der Waals surface area contributed by atoms with Crippen molar-refractivity contribution in [1.29, 1.82) is 0 Å². The molecule has 1 heterocycles. The fourth-order valence-corrected chi connectivity index (χ4v) is 6.03. The van der Waals surface area contributed by atoms with Crippen LogP contribution in [0.3, 0.4) is 0 Å². The first kappa shape index (κ1) is 23.4. The summed E-state index contributed by atoms with van der Waals surface area (Å²) >= 11 is 0. The standard InChI is InChI=1S/C19H23NO2Si.C5H5.Co/c1-23(2,3)19-15(12-16(19)13-21)8-9-18(22)20-11-10-14-6-4-5-7-17(14)20;1-2-4-5-3-1;/h4-7,10-12,21H,8-9,13H2,1-3H3;1-5H;. The molecule has 0 aliphatic heterocycles. The number of fused-ring (bicyclic) bond motifs is 1. The first-order valence-corrected chi connectivity index (χ1v) is 13.2. The van der Waals surface area contributed by atoms with Gasteiger partial charge in [-0.15, -0.1) is 0 Å². The zero-order chi connectivity index (χ0) is 20.1. The van der Waals surface area contributed by atoms with Crippen LogP contribution >= 0.6 is 0 Å². The number of para-hydroxylation sites is 1. The van der Waals surface area contributed by atoms with E-state index in [0.29, 0.717) is 6.42 Å². The summed E-state index contributed by atoms with van der Waals surface area (Å²) in [5, 5.41) is 11.9. The quantitative estimate of drug-likeness (QED) is 0.614. The molecule has 3 nitrogen and oxygen atoms in total. The summed E-state index contributed by atoms with van der Waals surface area (Å²) in [7, 11) is -1.47. The number of hydrogen-bond donors (Lipinski definition) is 1. The summed E-state index contributed by atoms with van der Waals surface area (Å²) in [5.74, 6) is 0.125. The first-order chi connectivity index (χ1) is 13.4. The predicted molar refractivity (Wildman–Crippen MR) is 120 cm³/mol. The van der Waals surface area contributed by atoms with Gasteiger partial charge >= 0.3 is 0 Å². The Morgan fingerprint density at radius 3 is 2.31 bits per heavy atom. The molecular formula is C24H28CoNO2Si. The Morgan fingerprint density at radius 1 is 1.03 bits per heavy atom. The molecule has 0 fully saturated rings. The number of aliphatic hydroxyl groups excluding tert-OH is 1. The molecule has 29 heavy (non-hydrogen) atoms. The average Bonchev–Trinajstić information content (AvgIpc) is 3.32. The second kappa shape index (κ2) is 10.2. The molecule has 154 valence electrons. The second-order valence-corrected chi connectivity index (χ2v) is 13.1. The molecule has 5 heteroatoms. The fourth-order valence-electron chi connectivity index (χ4n) is 3.75. The zero-order valence-corrected chi connectivity index (χ0v) is 19.2. The molecule has 2 aliphatic rings. The number of aromatic nitrogens is 1. The van der Waals surface area contributed by atoms with Crippen molar-refractivity contribution in [3.63, 3.8) is 0 Å². The van der Waals surface area contributed by atoms with E-state index in [9.17, 15) is 9.90 Å². The molecule has 0 spiro atoms. The van der Waals surface area contributed by atoms with Crippen molar-refractivity contribution >= 4 is 24.9 Å². The Balaban J connectivity index is 0.000000437. The summed E-state index contributed by atoms with van der Waals surface area (Å²) in [6, 6.07) is 9.92. The third kappa shape index (κ3) is 5.57. The zero-order valence-electron chi connectivity index (χ0n) is 17.2. The average molecular weight is 450 g/mol. The number of aliphatic hydroxyl groups is 1. The van der Waals surface area contributed by atoms with E-state index < -0.39 is 8.07 Å². The number of carbonyl (C=O) groups excluding carboxylic acids is 1. The summed E-state index contributed by atoms with van der Waals surface area (Å²) in [6.07, 6.45) is 15.2. The molecule has 0 saturated carbocycles. The second-order valence-electron chi connectivity index (χ2n) is 8.08. The molecule has 0 unspecified atom stereocenters. The third-order valence-electron chi connectivity index (χ3n) is 4.94. The molecular weight excluding hydrogens is 421 g/mol. The van der Waals surface area contributed by atoms with E-state index in [0.717, 1.165) is 22.9 Å². The smallest absolute Gasteiger partial charge is 0.231 e. The Hall–Kier alpha value is -1.93. The van der Waals surface area contributed by atoms with Crippen LogP contribution in [0, 0.1) is 6.42 Å². The normalized spacial score (nSPS) is 14.8. The monoisotopic (exact) mass is 449 g/mol. The largest absolute Gasteiger partial charge is 0.392 e. The van der Waals surface area contributed by atoms with E-state index in [4.69, 9.17) is 0 Å². The summed E-state index contributed by atoms with van der Waals surface area (Å²) < 4.78 is 1.75. The van der Waals surface area contributed by atoms with Crippen LogP contribution < -0.4 is 0 Å². The predicted octanol–water partition coefficient (Wildman–Crippen LogP) is 5.48. The van der Waals surface area contributed by atoms with Gasteiger partial charge in [-0.1, -0.05) is 73.4 Å². The van der Waals surface area contributed by atoms with Crippen LogP contribution in [0.25, 0.3) is 10.9 Å².